The molecule has 0 aromatic heterocycles. The number of nitrogens with zero attached hydrogens (tertiary/aromatic N) is 1. The average Bonchev–Trinajstić information content (AvgIpc) is 2.47. The molecule has 8 heteroatoms. The SMILES string of the molecule is Cl.O=C(O)c1cccc(NC(=O)c2ccc([N+](=O)[O-])cc2)c1. The number of anilines is 1. The van der Waals surface area contributed by atoms with Crippen molar-refractivity contribution in [1.82, 2.24) is 0 Å². The number of non-ortho nitro benzene ring substituents is 1. The number of nitrogens with one attached hydrogen (secondary N) is 1. The highest BCUT2D eigenvalue weighted by atomic mass is 35.5. The maximum Gasteiger partial charge on any atom is 0.335 e. The summed E-state index contributed by atoms with van der Waals surface area (Å²) in [7, 11) is 0. The molecule has 2 rings (SSSR count). The largest absolute Gasteiger partial charge is 0.478 e. The van der Waals surface area contributed by atoms with Crippen molar-refractivity contribution in [3.05, 3.63) is 69.8 Å². The smallest absolute Gasteiger partial charge is 0.335 e. The van der Waals surface area contributed by atoms with E-state index < -0.39 is 16.8 Å². The van der Waals surface area contributed by atoms with Crippen molar-refractivity contribution in [2.75, 3.05) is 5.32 Å². The van der Waals surface area contributed by atoms with Crippen LogP contribution in [0.5, 0.6) is 0 Å². The zero-order valence-electron chi connectivity index (χ0n) is 11.1. The van der Waals surface area contributed by atoms with E-state index in [0.29, 0.717) is 5.69 Å². The fourth-order valence-electron chi connectivity index (χ4n) is 1.67. The minimum absolute atomic E-state index is 0. The van der Waals surface area contributed by atoms with Crippen molar-refractivity contribution < 1.29 is 19.6 Å². The van der Waals surface area contributed by atoms with Crippen molar-refractivity contribution in [2.24, 2.45) is 0 Å². The lowest BCUT2D eigenvalue weighted by molar-refractivity contribution is -0.384. The molecule has 0 bridgehead atoms. The van der Waals surface area contributed by atoms with Gasteiger partial charge in [-0.3, -0.25) is 14.9 Å². The number of rotatable bonds is 4. The predicted octanol–water partition coefficient (Wildman–Crippen LogP) is 2.97. The maximum absolute atomic E-state index is 11.9. The first-order valence-corrected chi connectivity index (χ1v) is 5.86. The van der Waals surface area contributed by atoms with E-state index in [4.69, 9.17) is 5.11 Å². The van der Waals surface area contributed by atoms with Crippen LogP contribution < -0.4 is 5.32 Å². The molecule has 0 spiro atoms. The highest BCUT2D eigenvalue weighted by Crippen LogP contribution is 2.15. The third-order valence-corrected chi connectivity index (χ3v) is 2.71. The molecular formula is C14H11ClN2O5. The number of carbonyl (C=O) groups is 2. The number of carbonyl (C=O) groups excluding carboxylic acids is 1. The molecule has 2 aromatic carbocycles. The van der Waals surface area contributed by atoms with Crippen molar-refractivity contribution in [2.45, 2.75) is 0 Å². The molecule has 0 saturated carbocycles. The van der Waals surface area contributed by atoms with E-state index in [2.05, 4.69) is 5.32 Å². The normalized spacial score (nSPS) is 9.45. The van der Waals surface area contributed by atoms with E-state index in [0.717, 1.165) is 0 Å². The van der Waals surface area contributed by atoms with Crippen LogP contribution in [-0.2, 0) is 0 Å². The van der Waals surface area contributed by atoms with Gasteiger partial charge in [0.1, 0.15) is 0 Å². The summed E-state index contributed by atoms with van der Waals surface area (Å²) in [6, 6.07) is 10.9. The van der Waals surface area contributed by atoms with Gasteiger partial charge in [-0.1, -0.05) is 6.07 Å². The lowest BCUT2D eigenvalue weighted by Crippen LogP contribution is -2.12. The highest BCUT2D eigenvalue weighted by Gasteiger charge is 2.10. The average molecular weight is 323 g/mol. The number of carboxylic acids is 1. The van der Waals surface area contributed by atoms with Crippen molar-refractivity contribution in [1.29, 1.82) is 0 Å². The first kappa shape index (κ1) is 17.1. The summed E-state index contributed by atoms with van der Waals surface area (Å²) in [5.41, 5.74) is 0.510. The second kappa shape index (κ2) is 7.19. The van der Waals surface area contributed by atoms with Crippen LogP contribution in [0, 0.1) is 10.1 Å². The fourth-order valence-corrected chi connectivity index (χ4v) is 1.67. The third kappa shape index (κ3) is 4.03. The molecule has 7 nitrogen and oxygen atoms in total. The number of nitro groups is 1. The quantitative estimate of drug-likeness (QED) is 0.664. The molecule has 0 fully saturated rings. The minimum atomic E-state index is -1.10. The van der Waals surface area contributed by atoms with Crippen LogP contribution in [0.3, 0.4) is 0 Å². The van der Waals surface area contributed by atoms with Gasteiger partial charge in [-0.05, 0) is 30.3 Å². The second-order valence-corrected chi connectivity index (χ2v) is 4.14. The van der Waals surface area contributed by atoms with Gasteiger partial charge in [0, 0.05) is 23.4 Å². The Balaban J connectivity index is 0.00000242. The number of carboxylic acid groups (broad SMARTS) is 1. The van der Waals surface area contributed by atoms with Crippen LogP contribution in [0.1, 0.15) is 20.7 Å². The first-order valence-electron chi connectivity index (χ1n) is 5.86. The molecule has 0 aliphatic carbocycles. The van der Waals surface area contributed by atoms with Gasteiger partial charge in [-0.2, -0.15) is 0 Å². The molecule has 0 aliphatic heterocycles. The monoisotopic (exact) mass is 322 g/mol. The van der Waals surface area contributed by atoms with E-state index in [-0.39, 0.29) is 29.2 Å². The van der Waals surface area contributed by atoms with Crippen LogP contribution in [0.4, 0.5) is 11.4 Å². The number of nitro benzene ring substituents is 1. The summed E-state index contributed by atoms with van der Waals surface area (Å²) in [4.78, 5) is 32.7. The van der Waals surface area contributed by atoms with Gasteiger partial charge >= 0.3 is 5.97 Å². The van der Waals surface area contributed by atoms with Crippen LogP contribution >= 0.6 is 12.4 Å². The molecule has 0 atom stereocenters. The summed E-state index contributed by atoms with van der Waals surface area (Å²) in [5, 5.41) is 21.9. The molecule has 0 heterocycles. The zero-order valence-corrected chi connectivity index (χ0v) is 11.9. The van der Waals surface area contributed by atoms with E-state index in [9.17, 15) is 19.7 Å². The van der Waals surface area contributed by atoms with Gasteiger partial charge in [0.25, 0.3) is 11.6 Å². The summed E-state index contributed by atoms with van der Waals surface area (Å²) >= 11 is 0. The minimum Gasteiger partial charge on any atom is -0.478 e. The highest BCUT2D eigenvalue weighted by molar-refractivity contribution is 6.04. The van der Waals surface area contributed by atoms with E-state index >= 15 is 0 Å². The summed E-state index contributed by atoms with van der Waals surface area (Å²) < 4.78 is 0. The van der Waals surface area contributed by atoms with Crippen molar-refractivity contribution in [3.63, 3.8) is 0 Å². The predicted molar refractivity (Wildman–Crippen MR) is 81.7 cm³/mol. The molecule has 0 aliphatic rings. The van der Waals surface area contributed by atoms with Gasteiger partial charge in [0.2, 0.25) is 0 Å². The first-order chi connectivity index (χ1) is 9.97. The lowest BCUT2D eigenvalue weighted by Gasteiger charge is -2.06. The van der Waals surface area contributed by atoms with Crippen LogP contribution in [-0.4, -0.2) is 21.9 Å². The number of hydrogen-bond acceptors (Lipinski definition) is 4. The van der Waals surface area contributed by atoms with Gasteiger partial charge in [-0.15, -0.1) is 12.4 Å². The Hall–Kier alpha value is -2.93. The number of amides is 1. The second-order valence-electron chi connectivity index (χ2n) is 4.14. The Morgan fingerprint density at radius 3 is 2.23 bits per heavy atom. The Morgan fingerprint density at radius 2 is 1.68 bits per heavy atom. The van der Waals surface area contributed by atoms with Crippen molar-refractivity contribution >= 4 is 35.7 Å². The molecule has 0 unspecified atom stereocenters. The molecule has 1 amide bonds. The van der Waals surface area contributed by atoms with Crippen molar-refractivity contribution in [3.8, 4) is 0 Å². The molecule has 0 saturated heterocycles. The summed E-state index contributed by atoms with van der Waals surface area (Å²) in [6.07, 6.45) is 0. The fraction of sp³-hybridized carbons (Fsp3) is 0. The molecule has 0 radical (unpaired) electrons. The Bertz CT molecular complexity index is 715. The maximum atomic E-state index is 11.9. The van der Waals surface area contributed by atoms with Crippen LogP contribution in [0.25, 0.3) is 0 Å². The molecule has 114 valence electrons. The van der Waals surface area contributed by atoms with Crippen LogP contribution in [0.2, 0.25) is 0 Å². The van der Waals surface area contributed by atoms with Gasteiger partial charge < -0.3 is 10.4 Å². The number of hydrogen-bond donors (Lipinski definition) is 2. The Kier molecular flexibility index (Phi) is 5.59. The Morgan fingerprint density at radius 1 is 1.05 bits per heavy atom. The molecule has 2 N–H and O–H groups in total. The van der Waals surface area contributed by atoms with E-state index in [1.807, 2.05) is 0 Å². The molecular weight excluding hydrogens is 312 g/mol. The standard InChI is InChI=1S/C14H10N2O5.ClH/c17-13(9-4-6-12(7-5-9)16(20)21)15-11-3-1-2-10(8-11)14(18)19;/h1-8H,(H,15,17)(H,18,19);1H. The molecule has 22 heavy (non-hydrogen) atoms. The van der Waals surface area contributed by atoms with E-state index in [1.165, 1.54) is 42.5 Å². The number of halogens is 1. The summed E-state index contributed by atoms with van der Waals surface area (Å²) in [6.45, 7) is 0. The van der Waals surface area contributed by atoms with Gasteiger partial charge in [-0.25, -0.2) is 4.79 Å². The number of benzene rings is 2. The zero-order chi connectivity index (χ0) is 15.4. The Labute approximate surface area is 131 Å². The summed E-state index contributed by atoms with van der Waals surface area (Å²) in [5.74, 6) is -1.58. The topological polar surface area (TPSA) is 110 Å². The number of aromatic carboxylic acids is 1. The lowest BCUT2D eigenvalue weighted by atomic mass is 10.1. The van der Waals surface area contributed by atoms with Gasteiger partial charge in [0.15, 0.2) is 0 Å². The van der Waals surface area contributed by atoms with Crippen LogP contribution in [0.15, 0.2) is 48.5 Å². The van der Waals surface area contributed by atoms with Gasteiger partial charge in [0.05, 0.1) is 10.5 Å². The molecule has 2 aromatic rings. The van der Waals surface area contributed by atoms with E-state index in [1.54, 1.807) is 6.07 Å². The third-order valence-electron chi connectivity index (χ3n) is 2.71.